The maximum absolute atomic E-state index is 10.6. The van der Waals surface area contributed by atoms with Gasteiger partial charge in [0, 0.05) is 12.1 Å². The number of fused-ring (bicyclic) bond motifs is 2. The number of piperidine rings is 1. The number of ether oxygens (including phenoxy) is 1. The van der Waals surface area contributed by atoms with Gasteiger partial charge in [0.05, 0.1) is 18.8 Å². The van der Waals surface area contributed by atoms with Gasteiger partial charge in [0.1, 0.15) is 0 Å². The third-order valence-corrected chi connectivity index (χ3v) is 3.67. The number of nitrogens with one attached hydrogen (secondary N) is 1. The van der Waals surface area contributed by atoms with Crippen molar-refractivity contribution in [1.82, 2.24) is 5.32 Å². The first-order chi connectivity index (χ1) is 6.41. The molecule has 2 bridgehead atoms. The van der Waals surface area contributed by atoms with Gasteiger partial charge in [-0.2, -0.15) is 0 Å². The first-order valence-corrected chi connectivity index (χ1v) is 5.47. The van der Waals surface area contributed by atoms with Gasteiger partial charge < -0.3 is 15.2 Å². The number of hydrogen-bond donors (Lipinski definition) is 2. The van der Waals surface area contributed by atoms with Crippen molar-refractivity contribution in [2.75, 3.05) is 13.2 Å². The monoisotopic (exact) mass is 199 g/mol. The highest BCUT2D eigenvalue weighted by molar-refractivity contribution is 5.02. The molecule has 0 aliphatic carbocycles. The third-order valence-electron chi connectivity index (χ3n) is 3.67. The molecule has 0 radical (unpaired) electrons. The predicted molar refractivity (Wildman–Crippen MR) is 55.2 cm³/mol. The fraction of sp³-hybridized carbons (Fsp3) is 1.00. The van der Waals surface area contributed by atoms with E-state index >= 15 is 0 Å². The molecule has 2 aliphatic rings. The minimum Gasteiger partial charge on any atom is -0.389 e. The predicted octanol–water partition coefficient (Wildman–Crippen LogP) is 0.914. The number of hydrogen-bond acceptors (Lipinski definition) is 3. The Bertz CT molecular complexity index is 210. The summed E-state index contributed by atoms with van der Waals surface area (Å²) in [5, 5.41) is 14.1. The minimum atomic E-state index is -0.530. The van der Waals surface area contributed by atoms with Crippen LogP contribution in [0.1, 0.15) is 33.6 Å². The number of aliphatic hydroxyl groups is 1. The third kappa shape index (κ3) is 1.69. The van der Waals surface area contributed by atoms with Crippen molar-refractivity contribution in [1.29, 1.82) is 0 Å². The van der Waals surface area contributed by atoms with Crippen molar-refractivity contribution in [3.8, 4) is 0 Å². The van der Waals surface area contributed by atoms with E-state index in [0.29, 0.717) is 12.1 Å². The number of rotatable bonds is 0. The SMILES string of the molecule is CC(C)(C)C1(O)CC2COCC(C1)N2. The van der Waals surface area contributed by atoms with Crippen LogP contribution in [0.3, 0.4) is 0 Å². The molecule has 2 aliphatic heterocycles. The van der Waals surface area contributed by atoms with E-state index in [2.05, 4.69) is 26.1 Å². The molecule has 3 nitrogen and oxygen atoms in total. The molecule has 2 unspecified atom stereocenters. The fourth-order valence-electron chi connectivity index (χ4n) is 2.53. The summed E-state index contributed by atoms with van der Waals surface area (Å²) in [6, 6.07) is 0.679. The van der Waals surface area contributed by atoms with E-state index in [9.17, 15) is 5.11 Å². The lowest BCUT2D eigenvalue weighted by molar-refractivity contribution is -0.130. The Labute approximate surface area is 85.8 Å². The van der Waals surface area contributed by atoms with Gasteiger partial charge in [0.2, 0.25) is 0 Å². The van der Waals surface area contributed by atoms with Crippen LogP contribution in [-0.2, 0) is 4.74 Å². The van der Waals surface area contributed by atoms with Gasteiger partial charge in [-0.15, -0.1) is 0 Å². The quantitative estimate of drug-likeness (QED) is 0.609. The van der Waals surface area contributed by atoms with Crippen LogP contribution in [0.15, 0.2) is 0 Å². The van der Waals surface area contributed by atoms with Crippen molar-refractivity contribution in [2.24, 2.45) is 5.41 Å². The first kappa shape index (κ1) is 10.4. The molecular formula is C11H21NO2. The minimum absolute atomic E-state index is 0.0387. The van der Waals surface area contributed by atoms with Crippen LogP contribution >= 0.6 is 0 Å². The summed E-state index contributed by atoms with van der Waals surface area (Å²) in [6.45, 7) is 7.85. The summed E-state index contributed by atoms with van der Waals surface area (Å²) in [5.74, 6) is 0. The smallest absolute Gasteiger partial charge is 0.0727 e. The molecular weight excluding hydrogens is 178 g/mol. The summed E-state index contributed by atoms with van der Waals surface area (Å²) >= 11 is 0. The summed E-state index contributed by atoms with van der Waals surface area (Å²) in [6.07, 6.45) is 1.62. The molecule has 2 saturated heterocycles. The zero-order valence-corrected chi connectivity index (χ0v) is 9.34. The van der Waals surface area contributed by atoms with E-state index in [1.807, 2.05) is 0 Å². The second kappa shape index (κ2) is 3.19. The number of morpholine rings is 1. The van der Waals surface area contributed by atoms with Crippen molar-refractivity contribution < 1.29 is 9.84 Å². The van der Waals surface area contributed by atoms with Gasteiger partial charge in [-0.3, -0.25) is 0 Å². The highest BCUT2D eigenvalue weighted by atomic mass is 16.5. The molecule has 2 fully saturated rings. The van der Waals surface area contributed by atoms with Crippen molar-refractivity contribution in [3.63, 3.8) is 0 Å². The van der Waals surface area contributed by atoms with Crippen LogP contribution in [0.25, 0.3) is 0 Å². The second-order valence-corrected chi connectivity index (χ2v) is 5.79. The van der Waals surface area contributed by atoms with Gasteiger partial charge in [-0.25, -0.2) is 0 Å². The summed E-state index contributed by atoms with van der Waals surface area (Å²) in [7, 11) is 0. The second-order valence-electron chi connectivity index (χ2n) is 5.79. The Hall–Kier alpha value is -0.120. The maximum Gasteiger partial charge on any atom is 0.0727 e. The molecule has 2 atom stereocenters. The molecule has 0 aromatic rings. The van der Waals surface area contributed by atoms with Gasteiger partial charge in [-0.1, -0.05) is 20.8 Å². The van der Waals surface area contributed by atoms with E-state index in [0.717, 1.165) is 26.1 Å². The lowest BCUT2D eigenvalue weighted by atomic mass is 9.67. The van der Waals surface area contributed by atoms with E-state index in [1.165, 1.54) is 0 Å². The Morgan fingerprint density at radius 3 is 2.14 bits per heavy atom. The molecule has 0 amide bonds. The maximum atomic E-state index is 10.6. The van der Waals surface area contributed by atoms with E-state index in [4.69, 9.17) is 4.74 Å². The van der Waals surface area contributed by atoms with E-state index in [-0.39, 0.29) is 5.41 Å². The lowest BCUT2D eigenvalue weighted by Crippen LogP contribution is -2.63. The molecule has 2 N–H and O–H groups in total. The molecule has 2 heterocycles. The van der Waals surface area contributed by atoms with Crippen LogP contribution in [-0.4, -0.2) is 36.0 Å². The topological polar surface area (TPSA) is 41.5 Å². The van der Waals surface area contributed by atoms with Crippen LogP contribution in [0, 0.1) is 5.41 Å². The Morgan fingerprint density at radius 2 is 1.71 bits per heavy atom. The van der Waals surface area contributed by atoms with Gasteiger partial charge in [-0.05, 0) is 18.3 Å². The van der Waals surface area contributed by atoms with Crippen LogP contribution in [0.5, 0.6) is 0 Å². The Balaban J connectivity index is 2.15. The highest BCUT2D eigenvalue weighted by Crippen LogP contribution is 2.41. The van der Waals surface area contributed by atoms with Crippen LogP contribution in [0.2, 0.25) is 0 Å². The standard InChI is InChI=1S/C11H21NO2/c1-10(2,3)11(13)4-8-6-14-7-9(5-11)12-8/h8-9,12-13H,4-7H2,1-3H3. The van der Waals surface area contributed by atoms with Gasteiger partial charge in [0.15, 0.2) is 0 Å². The molecule has 0 aromatic heterocycles. The average molecular weight is 199 g/mol. The largest absolute Gasteiger partial charge is 0.389 e. The highest BCUT2D eigenvalue weighted by Gasteiger charge is 2.47. The molecule has 3 heteroatoms. The molecule has 0 spiro atoms. The summed E-state index contributed by atoms with van der Waals surface area (Å²) in [4.78, 5) is 0. The molecule has 82 valence electrons. The summed E-state index contributed by atoms with van der Waals surface area (Å²) in [5.41, 5.74) is -0.569. The van der Waals surface area contributed by atoms with Gasteiger partial charge >= 0.3 is 0 Å². The zero-order chi connectivity index (χ0) is 10.4. The van der Waals surface area contributed by atoms with Crippen molar-refractivity contribution >= 4 is 0 Å². The fourth-order valence-corrected chi connectivity index (χ4v) is 2.53. The Morgan fingerprint density at radius 1 is 1.21 bits per heavy atom. The van der Waals surface area contributed by atoms with E-state index in [1.54, 1.807) is 0 Å². The van der Waals surface area contributed by atoms with E-state index < -0.39 is 5.60 Å². The average Bonchev–Trinajstić information content (AvgIpc) is 2.00. The van der Waals surface area contributed by atoms with Crippen LogP contribution < -0.4 is 5.32 Å². The lowest BCUT2D eigenvalue weighted by Gasteiger charge is -2.50. The van der Waals surface area contributed by atoms with Crippen molar-refractivity contribution in [3.05, 3.63) is 0 Å². The zero-order valence-electron chi connectivity index (χ0n) is 9.34. The molecule has 14 heavy (non-hydrogen) atoms. The molecule has 2 rings (SSSR count). The molecule has 0 aromatic carbocycles. The summed E-state index contributed by atoms with van der Waals surface area (Å²) < 4.78 is 5.47. The Kier molecular flexibility index (Phi) is 2.37. The van der Waals surface area contributed by atoms with Crippen molar-refractivity contribution in [2.45, 2.75) is 51.3 Å². The molecule has 0 saturated carbocycles. The van der Waals surface area contributed by atoms with Crippen LogP contribution in [0.4, 0.5) is 0 Å². The first-order valence-electron chi connectivity index (χ1n) is 5.47. The normalized spacial score (nSPS) is 43.7. The van der Waals surface area contributed by atoms with Gasteiger partial charge in [0.25, 0.3) is 0 Å².